The summed E-state index contributed by atoms with van der Waals surface area (Å²) in [5, 5.41) is 3.68. The summed E-state index contributed by atoms with van der Waals surface area (Å²) < 4.78 is 0. The number of rotatable bonds is 7. The summed E-state index contributed by atoms with van der Waals surface area (Å²) in [5.74, 6) is 0. The molecule has 1 N–H and O–H groups in total. The van der Waals surface area contributed by atoms with Gasteiger partial charge in [0.25, 0.3) is 0 Å². The van der Waals surface area contributed by atoms with Crippen molar-refractivity contribution < 1.29 is 0 Å². The molecule has 0 bridgehead atoms. The third-order valence-corrected chi connectivity index (χ3v) is 4.09. The van der Waals surface area contributed by atoms with Gasteiger partial charge in [0.05, 0.1) is 0 Å². The Kier molecular flexibility index (Phi) is 6.70. The first-order chi connectivity index (χ1) is 9.40. The molecule has 2 nitrogen and oxygen atoms in total. The highest BCUT2D eigenvalue weighted by Gasteiger charge is 2.19. The molecule has 0 amide bonds. The van der Waals surface area contributed by atoms with E-state index in [2.05, 4.69) is 70.8 Å². The van der Waals surface area contributed by atoms with Crippen molar-refractivity contribution in [3.63, 3.8) is 0 Å². The van der Waals surface area contributed by atoms with Crippen LogP contribution in [0.3, 0.4) is 0 Å². The van der Waals surface area contributed by atoms with Crippen molar-refractivity contribution >= 4 is 0 Å². The maximum Gasteiger partial charge on any atom is 0.0454 e. The first-order valence-electron chi connectivity index (χ1n) is 7.95. The van der Waals surface area contributed by atoms with Crippen LogP contribution in [0, 0.1) is 20.8 Å². The number of benzene rings is 1. The Morgan fingerprint density at radius 1 is 1.05 bits per heavy atom. The highest BCUT2D eigenvalue weighted by molar-refractivity contribution is 5.39. The second-order valence-corrected chi connectivity index (χ2v) is 6.10. The monoisotopic (exact) mass is 276 g/mol. The van der Waals surface area contributed by atoms with Gasteiger partial charge in [0.2, 0.25) is 0 Å². The van der Waals surface area contributed by atoms with Crippen LogP contribution in [0.25, 0.3) is 0 Å². The van der Waals surface area contributed by atoms with Gasteiger partial charge in [-0.1, -0.05) is 31.5 Å². The average molecular weight is 276 g/mol. The van der Waals surface area contributed by atoms with Gasteiger partial charge in [0, 0.05) is 18.6 Å². The van der Waals surface area contributed by atoms with E-state index in [9.17, 15) is 0 Å². The van der Waals surface area contributed by atoms with E-state index < -0.39 is 0 Å². The van der Waals surface area contributed by atoms with E-state index in [-0.39, 0.29) is 0 Å². The van der Waals surface area contributed by atoms with Crippen LogP contribution in [-0.2, 0) is 0 Å². The van der Waals surface area contributed by atoms with Gasteiger partial charge in [-0.2, -0.15) is 0 Å². The molecule has 1 aromatic rings. The van der Waals surface area contributed by atoms with E-state index in [1.54, 1.807) is 0 Å². The van der Waals surface area contributed by atoms with Gasteiger partial charge < -0.3 is 5.32 Å². The standard InChI is InChI=1S/C18H32N2/c1-8-19-17(12-20(9-2)13(3)4)18-15(6)10-14(5)11-16(18)7/h10-11,13,17,19H,8-9,12H2,1-7H3. The number of nitrogens with zero attached hydrogens (tertiary/aromatic N) is 1. The molecule has 20 heavy (non-hydrogen) atoms. The van der Waals surface area contributed by atoms with Crippen LogP contribution in [0.15, 0.2) is 12.1 Å². The summed E-state index contributed by atoms with van der Waals surface area (Å²) in [4.78, 5) is 2.53. The summed E-state index contributed by atoms with van der Waals surface area (Å²) in [7, 11) is 0. The zero-order valence-corrected chi connectivity index (χ0v) is 14.4. The fourth-order valence-electron chi connectivity index (χ4n) is 3.18. The molecule has 1 atom stereocenters. The second kappa shape index (κ2) is 7.80. The van der Waals surface area contributed by atoms with E-state index in [4.69, 9.17) is 0 Å². The highest BCUT2D eigenvalue weighted by atomic mass is 15.2. The molecule has 0 saturated heterocycles. The zero-order chi connectivity index (χ0) is 15.3. The van der Waals surface area contributed by atoms with Crippen LogP contribution in [0.2, 0.25) is 0 Å². The Balaban J connectivity index is 3.07. The topological polar surface area (TPSA) is 15.3 Å². The first-order valence-corrected chi connectivity index (χ1v) is 7.95. The minimum atomic E-state index is 0.419. The molecule has 1 aromatic carbocycles. The van der Waals surface area contributed by atoms with E-state index in [0.717, 1.165) is 19.6 Å². The number of hydrogen-bond donors (Lipinski definition) is 1. The van der Waals surface area contributed by atoms with Crippen molar-refractivity contribution in [3.8, 4) is 0 Å². The maximum absolute atomic E-state index is 3.68. The van der Waals surface area contributed by atoms with Gasteiger partial charge in [-0.25, -0.2) is 0 Å². The Bertz CT molecular complexity index is 400. The second-order valence-electron chi connectivity index (χ2n) is 6.10. The van der Waals surface area contributed by atoms with Crippen molar-refractivity contribution in [2.24, 2.45) is 0 Å². The Morgan fingerprint density at radius 3 is 2.00 bits per heavy atom. The molecule has 0 aliphatic heterocycles. The van der Waals surface area contributed by atoms with Crippen molar-refractivity contribution in [1.82, 2.24) is 10.2 Å². The molecule has 0 aliphatic carbocycles. The highest BCUT2D eigenvalue weighted by Crippen LogP contribution is 2.25. The normalized spacial score (nSPS) is 13.2. The lowest BCUT2D eigenvalue weighted by molar-refractivity contribution is 0.208. The molecule has 0 aliphatic rings. The number of nitrogens with one attached hydrogen (secondary N) is 1. The van der Waals surface area contributed by atoms with Crippen molar-refractivity contribution in [2.45, 2.75) is 60.5 Å². The lowest BCUT2D eigenvalue weighted by atomic mass is 9.93. The minimum absolute atomic E-state index is 0.419. The smallest absolute Gasteiger partial charge is 0.0454 e. The van der Waals surface area contributed by atoms with Gasteiger partial charge in [0.15, 0.2) is 0 Å². The largest absolute Gasteiger partial charge is 0.309 e. The number of hydrogen-bond acceptors (Lipinski definition) is 2. The predicted octanol–water partition coefficient (Wildman–Crippen LogP) is 3.99. The molecular formula is C18H32N2. The van der Waals surface area contributed by atoms with Gasteiger partial charge >= 0.3 is 0 Å². The molecule has 0 fully saturated rings. The quantitative estimate of drug-likeness (QED) is 0.810. The molecule has 0 heterocycles. The van der Waals surface area contributed by atoms with E-state index in [0.29, 0.717) is 12.1 Å². The van der Waals surface area contributed by atoms with Crippen molar-refractivity contribution in [2.75, 3.05) is 19.6 Å². The Morgan fingerprint density at radius 2 is 1.60 bits per heavy atom. The maximum atomic E-state index is 3.68. The van der Waals surface area contributed by atoms with Crippen LogP contribution in [0.1, 0.15) is 56.0 Å². The molecule has 1 unspecified atom stereocenters. The van der Waals surface area contributed by atoms with Crippen LogP contribution < -0.4 is 5.32 Å². The molecule has 0 aromatic heterocycles. The molecule has 0 saturated carbocycles. The summed E-state index contributed by atoms with van der Waals surface area (Å²) in [6.45, 7) is 18.8. The van der Waals surface area contributed by atoms with E-state index >= 15 is 0 Å². The van der Waals surface area contributed by atoms with E-state index in [1.165, 1.54) is 22.3 Å². The summed E-state index contributed by atoms with van der Waals surface area (Å²) in [6, 6.07) is 5.62. The fraction of sp³-hybridized carbons (Fsp3) is 0.667. The predicted molar refractivity (Wildman–Crippen MR) is 89.5 cm³/mol. The number of likely N-dealkylation sites (N-methyl/N-ethyl adjacent to an activating group) is 2. The van der Waals surface area contributed by atoms with Crippen LogP contribution >= 0.6 is 0 Å². The summed E-state index contributed by atoms with van der Waals surface area (Å²) >= 11 is 0. The molecular weight excluding hydrogens is 244 g/mol. The zero-order valence-electron chi connectivity index (χ0n) is 14.4. The first kappa shape index (κ1) is 17.2. The summed E-state index contributed by atoms with van der Waals surface area (Å²) in [5.41, 5.74) is 5.66. The van der Waals surface area contributed by atoms with Crippen LogP contribution in [0.5, 0.6) is 0 Å². The van der Waals surface area contributed by atoms with E-state index in [1.807, 2.05) is 0 Å². The molecule has 2 heteroatoms. The Hall–Kier alpha value is -0.860. The molecule has 0 radical (unpaired) electrons. The van der Waals surface area contributed by atoms with Gasteiger partial charge in [-0.05, 0) is 64.4 Å². The average Bonchev–Trinajstić information content (AvgIpc) is 2.33. The Labute approximate surface area is 125 Å². The number of aryl methyl sites for hydroxylation is 3. The van der Waals surface area contributed by atoms with Crippen LogP contribution in [-0.4, -0.2) is 30.6 Å². The van der Waals surface area contributed by atoms with Gasteiger partial charge in [0.1, 0.15) is 0 Å². The third kappa shape index (κ3) is 4.32. The lowest BCUT2D eigenvalue weighted by Gasteiger charge is -2.32. The lowest BCUT2D eigenvalue weighted by Crippen LogP contribution is -2.39. The molecule has 0 spiro atoms. The fourth-order valence-corrected chi connectivity index (χ4v) is 3.18. The van der Waals surface area contributed by atoms with Crippen LogP contribution in [0.4, 0.5) is 0 Å². The van der Waals surface area contributed by atoms with Gasteiger partial charge in [-0.15, -0.1) is 0 Å². The van der Waals surface area contributed by atoms with Gasteiger partial charge in [-0.3, -0.25) is 4.90 Å². The molecule has 114 valence electrons. The summed E-state index contributed by atoms with van der Waals surface area (Å²) in [6.07, 6.45) is 0. The van der Waals surface area contributed by atoms with Crippen molar-refractivity contribution in [3.05, 3.63) is 34.4 Å². The SMILES string of the molecule is CCNC(CN(CC)C(C)C)c1c(C)cc(C)cc1C. The third-order valence-electron chi connectivity index (χ3n) is 4.09. The minimum Gasteiger partial charge on any atom is -0.309 e. The molecule has 1 rings (SSSR count). The van der Waals surface area contributed by atoms with Crippen molar-refractivity contribution in [1.29, 1.82) is 0 Å².